The summed E-state index contributed by atoms with van der Waals surface area (Å²) in [6.45, 7) is 4.60. The van der Waals surface area contributed by atoms with Crippen LogP contribution in [0.25, 0.3) is 0 Å². The molecule has 1 aromatic heterocycles. The average Bonchev–Trinajstić information content (AvgIpc) is 2.76. The maximum Gasteiger partial charge on any atom is 0.225 e. The fourth-order valence-corrected chi connectivity index (χ4v) is 3.98. The number of thioether (sulfide) groups is 1. The van der Waals surface area contributed by atoms with Gasteiger partial charge in [0.2, 0.25) is 5.91 Å². The van der Waals surface area contributed by atoms with E-state index in [1.807, 2.05) is 32.0 Å². The van der Waals surface area contributed by atoms with E-state index in [9.17, 15) is 4.79 Å². The number of aromatic nitrogens is 1. The van der Waals surface area contributed by atoms with Crippen molar-refractivity contribution in [3.8, 4) is 0 Å². The van der Waals surface area contributed by atoms with E-state index in [0.29, 0.717) is 13.0 Å². The van der Waals surface area contributed by atoms with Gasteiger partial charge < -0.3 is 5.32 Å². The summed E-state index contributed by atoms with van der Waals surface area (Å²) in [7, 11) is 0. The van der Waals surface area contributed by atoms with Gasteiger partial charge >= 0.3 is 0 Å². The summed E-state index contributed by atoms with van der Waals surface area (Å²) in [6.07, 6.45) is 0.427. The van der Waals surface area contributed by atoms with E-state index in [4.69, 9.17) is 11.6 Å². The van der Waals surface area contributed by atoms with Crippen LogP contribution < -0.4 is 5.32 Å². The Hall–Kier alpha value is -1.04. The molecule has 0 unspecified atom stereocenters. The van der Waals surface area contributed by atoms with Crippen molar-refractivity contribution in [2.24, 2.45) is 0 Å². The number of thiazole rings is 1. The fraction of sp³-hybridized carbons (Fsp3) is 0.375. The van der Waals surface area contributed by atoms with Crippen LogP contribution in [0.1, 0.15) is 21.1 Å². The molecule has 3 nitrogen and oxygen atoms in total. The molecule has 0 radical (unpaired) electrons. The predicted octanol–water partition coefficient (Wildman–Crippen LogP) is 4.01. The molecule has 118 valence electrons. The van der Waals surface area contributed by atoms with Crippen LogP contribution in [-0.2, 0) is 17.0 Å². The lowest BCUT2D eigenvalue weighted by molar-refractivity contribution is -0.120. The zero-order valence-corrected chi connectivity index (χ0v) is 15.1. The number of halogens is 1. The van der Waals surface area contributed by atoms with Gasteiger partial charge in [-0.3, -0.25) is 4.79 Å². The predicted molar refractivity (Wildman–Crippen MR) is 95.9 cm³/mol. The van der Waals surface area contributed by atoms with Crippen LogP contribution in [0.5, 0.6) is 0 Å². The Morgan fingerprint density at radius 3 is 2.91 bits per heavy atom. The molecule has 0 saturated carbocycles. The third kappa shape index (κ3) is 5.63. The van der Waals surface area contributed by atoms with E-state index in [2.05, 4.69) is 16.4 Å². The minimum absolute atomic E-state index is 0.0649. The van der Waals surface area contributed by atoms with Crippen molar-refractivity contribution in [2.75, 3.05) is 12.3 Å². The Labute approximate surface area is 144 Å². The molecule has 2 aromatic rings. The number of carbonyl (C=O) groups is 1. The highest BCUT2D eigenvalue weighted by Gasteiger charge is 2.09. The molecule has 2 rings (SSSR count). The number of benzene rings is 1. The molecule has 1 amide bonds. The lowest BCUT2D eigenvalue weighted by Gasteiger charge is -2.05. The van der Waals surface area contributed by atoms with Crippen molar-refractivity contribution in [1.29, 1.82) is 0 Å². The first-order valence-electron chi connectivity index (χ1n) is 7.06. The Kier molecular flexibility index (Phi) is 6.73. The molecule has 0 saturated heterocycles. The number of amides is 1. The smallest absolute Gasteiger partial charge is 0.225 e. The average molecular weight is 355 g/mol. The monoisotopic (exact) mass is 354 g/mol. The van der Waals surface area contributed by atoms with Crippen molar-refractivity contribution in [2.45, 2.75) is 26.0 Å². The van der Waals surface area contributed by atoms with Crippen molar-refractivity contribution in [3.05, 3.63) is 50.4 Å². The van der Waals surface area contributed by atoms with Gasteiger partial charge in [-0.15, -0.1) is 11.3 Å². The Bertz CT molecular complexity index is 643. The number of hydrogen-bond donors (Lipinski definition) is 1. The van der Waals surface area contributed by atoms with Gasteiger partial charge in [0.1, 0.15) is 0 Å². The zero-order chi connectivity index (χ0) is 15.9. The molecule has 0 fully saturated rings. The fourth-order valence-electron chi connectivity index (χ4n) is 2.03. The number of nitrogens with zero attached hydrogens (tertiary/aromatic N) is 1. The minimum Gasteiger partial charge on any atom is -0.355 e. The minimum atomic E-state index is 0.0649. The van der Waals surface area contributed by atoms with Gasteiger partial charge in [0.25, 0.3) is 0 Å². The maximum atomic E-state index is 11.9. The van der Waals surface area contributed by atoms with E-state index in [-0.39, 0.29) is 5.91 Å². The summed E-state index contributed by atoms with van der Waals surface area (Å²) in [4.78, 5) is 17.3. The summed E-state index contributed by atoms with van der Waals surface area (Å²) < 4.78 is 0. The van der Waals surface area contributed by atoms with E-state index in [0.717, 1.165) is 32.1 Å². The van der Waals surface area contributed by atoms with Gasteiger partial charge in [-0.05, 0) is 31.5 Å². The molecule has 6 heteroatoms. The summed E-state index contributed by atoms with van der Waals surface area (Å²) in [5, 5.41) is 4.74. The molecule has 0 aliphatic heterocycles. The van der Waals surface area contributed by atoms with E-state index in [1.165, 1.54) is 5.56 Å². The molecule has 0 bridgehead atoms. The van der Waals surface area contributed by atoms with Crippen LogP contribution in [-0.4, -0.2) is 23.2 Å². The third-order valence-electron chi connectivity index (χ3n) is 3.05. The van der Waals surface area contributed by atoms with Gasteiger partial charge in [-0.2, -0.15) is 11.8 Å². The topological polar surface area (TPSA) is 42.0 Å². The number of carbonyl (C=O) groups excluding carboxylic acids is 1. The van der Waals surface area contributed by atoms with Crippen molar-refractivity contribution in [1.82, 2.24) is 10.3 Å². The van der Waals surface area contributed by atoms with Gasteiger partial charge in [-0.25, -0.2) is 4.98 Å². The van der Waals surface area contributed by atoms with Crippen molar-refractivity contribution >= 4 is 40.6 Å². The van der Waals surface area contributed by atoms with Gasteiger partial charge in [0.05, 0.1) is 17.1 Å². The van der Waals surface area contributed by atoms with Crippen molar-refractivity contribution in [3.63, 3.8) is 0 Å². The number of nitrogens with one attached hydrogen (secondary N) is 1. The van der Waals surface area contributed by atoms with Crippen LogP contribution >= 0.6 is 34.7 Å². The maximum absolute atomic E-state index is 11.9. The molecular formula is C16H19ClN2OS2. The molecular weight excluding hydrogens is 336 g/mol. The largest absolute Gasteiger partial charge is 0.355 e. The molecule has 0 atom stereocenters. The Morgan fingerprint density at radius 1 is 1.41 bits per heavy atom. The van der Waals surface area contributed by atoms with Gasteiger partial charge in [0.15, 0.2) is 0 Å². The normalized spacial score (nSPS) is 10.7. The van der Waals surface area contributed by atoms with Crippen LogP contribution in [0.3, 0.4) is 0 Å². The highest BCUT2D eigenvalue weighted by atomic mass is 35.5. The van der Waals surface area contributed by atoms with Gasteiger partial charge in [-0.1, -0.05) is 23.7 Å². The molecule has 0 spiro atoms. The second-order valence-corrected chi connectivity index (χ2v) is 7.78. The number of hydrogen-bond acceptors (Lipinski definition) is 4. The van der Waals surface area contributed by atoms with Crippen LogP contribution in [0, 0.1) is 13.8 Å². The first kappa shape index (κ1) is 17.3. The Morgan fingerprint density at radius 2 is 2.23 bits per heavy atom. The first-order valence-corrected chi connectivity index (χ1v) is 9.41. The Balaban J connectivity index is 1.64. The second kappa shape index (κ2) is 8.56. The first-order chi connectivity index (χ1) is 10.5. The van der Waals surface area contributed by atoms with Crippen molar-refractivity contribution < 1.29 is 4.79 Å². The van der Waals surface area contributed by atoms with Crippen LogP contribution in [0.15, 0.2) is 24.3 Å². The number of rotatable bonds is 7. The quantitative estimate of drug-likeness (QED) is 0.764. The second-order valence-electron chi connectivity index (χ2n) is 4.95. The van der Waals surface area contributed by atoms with Gasteiger partial charge in [0, 0.05) is 28.0 Å². The van der Waals surface area contributed by atoms with E-state index < -0.39 is 0 Å². The van der Waals surface area contributed by atoms with Crippen LogP contribution in [0.2, 0.25) is 5.02 Å². The van der Waals surface area contributed by atoms with E-state index in [1.54, 1.807) is 23.1 Å². The summed E-state index contributed by atoms with van der Waals surface area (Å²) in [5.41, 5.74) is 2.17. The lowest BCUT2D eigenvalue weighted by atomic mass is 10.2. The van der Waals surface area contributed by atoms with E-state index >= 15 is 0 Å². The highest BCUT2D eigenvalue weighted by Crippen LogP contribution is 2.18. The highest BCUT2D eigenvalue weighted by molar-refractivity contribution is 7.98. The SMILES string of the molecule is Cc1nc(C)c(CC(=O)NCCSCc2cccc(Cl)c2)s1. The molecule has 0 aliphatic rings. The zero-order valence-electron chi connectivity index (χ0n) is 12.7. The molecule has 22 heavy (non-hydrogen) atoms. The molecule has 1 heterocycles. The molecule has 1 aromatic carbocycles. The van der Waals surface area contributed by atoms with Crippen LogP contribution in [0.4, 0.5) is 0 Å². The molecule has 0 aliphatic carbocycles. The molecule has 1 N–H and O–H groups in total. The summed E-state index contributed by atoms with van der Waals surface area (Å²) in [6, 6.07) is 7.87. The summed E-state index contributed by atoms with van der Waals surface area (Å²) >= 11 is 9.33. The summed E-state index contributed by atoms with van der Waals surface area (Å²) in [5.74, 6) is 1.86. The lowest BCUT2D eigenvalue weighted by Crippen LogP contribution is -2.27. The standard InChI is InChI=1S/C16H19ClN2OS2/c1-11-15(22-12(2)19-11)9-16(20)18-6-7-21-10-13-4-3-5-14(17)8-13/h3-5,8H,6-7,9-10H2,1-2H3,(H,18,20). The number of aryl methyl sites for hydroxylation is 2. The third-order valence-corrected chi connectivity index (χ3v) is 5.39.